The summed E-state index contributed by atoms with van der Waals surface area (Å²) in [6, 6.07) is 3.82. The highest BCUT2D eigenvalue weighted by molar-refractivity contribution is 6.31. The van der Waals surface area contributed by atoms with Gasteiger partial charge in [0.15, 0.2) is 0 Å². The van der Waals surface area contributed by atoms with Gasteiger partial charge < -0.3 is 0 Å². The fourth-order valence-electron chi connectivity index (χ4n) is 1.18. The topological polar surface area (TPSA) is 0 Å². The second-order valence-electron chi connectivity index (χ2n) is 2.62. The van der Waals surface area contributed by atoms with Crippen molar-refractivity contribution in [1.82, 2.24) is 0 Å². The minimum atomic E-state index is -4.31. The quantitative estimate of drug-likeness (QED) is 0.656. The van der Waals surface area contributed by atoms with Crippen LogP contribution in [-0.4, -0.2) is 0 Å². The molecule has 0 unspecified atom stereocenters. The first-order valence-electron chi connectivity index (χ1n) is 3.81. The van der Waals surface area contributed by atoms with Gasteiger partial charge in [-0.25, -0.2) is 0 Å². The molecule has 0 radical (unpaired) electrons. The summed E-state index contributed by atoms with van der Waals surface area (Å²) < 4.78 is 37.1. The van der Waals surface area contributed by atoms with E-state index in [1.165, 1.54) is 12.1 Å². The lowest BCUT2D eigenvalue weighted by Crippen LogP contribution is -2.08. The number of rotatable bonds is 1. The molecule has 0 aromatic heterocycles. The van der Waals surface area contributed by atoms with Gasteiger partial charge >= 0.3 is 6.18 Å². The van der Waals surface area contributed by atoms with Crippen LogP contribution in [0.4, 0.5) is 13.2 Å². The van der Waals surface area contributed by atoms with Crippen LogP contribution in [0.15, 0.2) is 18.2 Å². The molecule has 0 nitrogen and oxygen atoms in total. The summed E-state index contributed by atoms with van der Waals surface area (Å²) >= 11 is 5.64. The van der Waals surface area contributed by atoms with Crippen molar-refractivity contribution in [2.75, 3.05) is 0 Å². The van der Waals surface area contributed by atoms with E-state index < -0.39 is 11.7 Å². The van der Waals surface area contributed by atoms with Crippen LogP contribution in [0.5, 0.6) is 0 Å². The number of hydrogen-bond donors (Lipinski definition) is 0. The van der Waals surface area contributed by atoms with Crippen molar-refractivity contribution in [3.63, 3.8) is 0 Å². The van der Waals surface area contributed by atoms with E-state index in [0.717, 1.165) is 6.07 Å². The smallest absolute Gasteiger partial charge is 0.166 e. The molecule has 1 aromatic carbocycles. The number of halogens is 4. The van der Waals surface area contributed by atoms with Crippen molar-refractivity contribution in [2.24, 2.45) is 0 Å². The van der Waals surface area contributed by atoms with E-state index in [9.17, 15) is 13.2 Å². The maximum atomic E-state index is 12.4. The second kappa shape index (κ2) is 3.58. The molecule has 1 rings (SSSR count). The first-order chi connectivity index (χ1) is 5.96. The normalized spacial score (nSPS) is 11.8. The van der Waals surface area contributed by atoms with Gasteiger partial charge in [0.2, 0.25) is 0 Å². The molecule has 0 atom stereocenters. The zero-order valence-electron chi connectivity index (χ0n) is 6.95. The third-order valence-electron chi connectivity index (χ3n) is 1.78. The van der Waals surface area contributed by atoms with Gasteiger partial charge in [-0.2, -0.15) is 13.2 Å². The summed E-state index contributed by atoms with van der Waals surface area (Å²) in [6.07, 6.45) is -4.02. The molecule has 1 aromatic rings. The molecule has 0 aliphatic rings. The maximum Gasteiger partial charge on any atom is 0.416 e. The molecule has 0 spiro atoms. The van der Waals surface area contributed by atoms with Crippen LogP contribution in [0, 0.1) is 0 Å². The van der Waals surface area contributed by atoms with Crippen molar-refractivity contribution >= 4 is 11.6 Å². The van der Waals surface area contributed by atoms with Crippen molar-refractivity contribution < 1.29 is 13.2 Å². The van der Waals surface area contributed by atoms with Crippen LogP contribution in [0.1, 0.15) is 18.1 Å². The molecule has 0 saturated heterocycles. The van der Waals surface area contributed by atoms with Gasteiger partial charge in [-0.1, -0.05) is 24.6 Å². The first kappa shape index (κ1) is 10.4. The van der Waals surface area contributed by atoms with Gasteiger partial charge in [-0.05, 0) is 24.1 Å². The molecule has 0 fully saturated rings. The van der Waals surface area contributed by atoms with E-state index >= 15 is 0 Å². The van der Waals surface area contributed by atoms with E-state index in [2.05, 4.69) is 0 Å². The van der Waals surface area contributed by atoms with Crippen LogP contribution in [0.3, 0.4) is 0 Å². The van der Waals surface area contributed by atoms with Gasteiger partial charge in [-0.3, -0.25) is 0 Å². The maximum absolute atomic E-state index is 12.4. The summed E-state index contributed by atoms with van der Waals surface area (Å²) in [5, 5.41) is 0.178. The average molecular weight is 209 g/mol. The van der Waals surface area contributed by atoms with Gasteiger partial charge in [-0.15, -0.1) is 0 Å². The number of hydrogen-bond acceptors (Lipinski definition) is 0. The SMILES string of the molecule is CCc1c(Cl)cccc1C(F)(F)F. The third kappa shape index (κ3) is 2.15. The van der Waals surface area contributed by atoms with E-state index in [-0.39, 0.29) is 17.0 Å². The molecule has 0 aliphatic carbocycles. The summed E-state index contributed by atoms with van der Waals surface area (Å²) in [7, 11) is 0. The van der Waals surface area contributed by atoms with Crippen molar-refractivity contribution in [2.45, 2.75) is 19.5 Å². The molecular weight excluding hydrogens is 201 g/mol. The van der Waals surface area contributed by atoms with Crippen LogP contribution in [0.2, 0.25) is 5.02 Å². The minimum absolute atomic E-state index is 0.164. The highest BCUT2D eigenvalue weighted by Gasteiger charge is 2.33. The molecule has 0 aliphatic heterocycles. The molecular formula is C9H8ClF3. The summed E-state index contributed by atoms with van der Waals surface area (Å²) in [4.78, 5) is 0. The van der Waals surface area contributed by atoms with E-state index in [0.29, 0.717) is 0 Å². The molecule has 0 saturated carbocycles. The molecule has 0 N–H and O–H groups in total. The molecule has 0 bridgehead atoms. The monoisotopic (exact) mass is 208 g/mol. The van der Waals surface area contributed by atoms with Crippen molar-refractivity contribution in [3.8, 4) is 0 Å². The zero-order valence-corrected chi connectivity index (χ0v) is 7.71. The summed E-state index contributed by atoms with van der Waals surface area (Å²) in [5.74, 6) is 0. The molecule has 72 valence electrons. The number of alkyl halides is 3. The highest BCUT2D eigenvalue weighted by atomic mass is 35.5. The molecule has 0 amide bonds. The fraction of sp³-hybridized carbons (Fsp3) is 0.333. The van der Waals surface area contributed by atoms with Crippen LogP contribution >= 0.6 is 11.6 Å². The largest absolute Gasteiger partial charge is 0.416 e. The van der Waals surface area contributed by atoms with E-state index in [1.54, 1.807) is 6.92 Å². The van der Waals surface area contributed by atoms with Gasteiger partial charge in [0.05, 0.1) is 5.56 Å². The Morgan fingerprint density at radius 1 is 1.31 bits per heavy atom. The van der Waals surface area contributed by atoms with Crippen molar-refractivity contribution in [3.05, 3.63) is 34.3 Å². The Kier molecular flexibility index (Phi) is 2.86. The standard InChI is InChI=1S/C9H8ClF3/c1-2-6-7(9(11,12)13)4-3-5-8(6)10/h3-5H,2H2,1H3. The van der Waals surface area contributed by atoms with E-state index in [4.69, 9.17) is 11.6 Å². The number of benzene rings is 1. The minimum Gasteiger partial charge on any atom is -0.166 e. The lowest BCUT2D eigenvalue weighted by molar-refractivity contribution is -0.138. The summed E-state index contributed by atoms with van der Waals surface area (Å²) in [5.41, 5.74) is -0.473. The average Bonchev–Trinajstić information content (AvgIpc) is 2.02. The Morgan fingerprint density at radius 2 is 1.92 bits per heavy atom. The zero-order chi connectivity index (χ0) is 10.1. The van der Waals surface area contributed by atoms with Crippen LogP contribution in [0.25, 0.3) is 0 Å². The third-order valence-corrected chi connectivity index (χ3v) is 2.13. The summed E-state index contributed by atoms with van der Waals surface area (Å²) in [6.45, 7) is 1.65. The van der Waals surface area contributed by atoms with Crippen LogP contribution < -0.4 is 0 Å². The van der Waals surface area contributed by atoms with E-state index in [1.807, 2.05) is 0 Å². The van der Waals surface area contributed by atoms with Crippen molar-refractivity contribution in [1.29, 1.82) is 0 Å². The predicted molar refractivity (Wildman–Crippen MR) is 45.8 cm³/mol. The fourth-order valence-corrected chi connectivity index (χ4v) is 1.49. The first-order valence-corrected chi connectivity index (χ1v) is 4.19. The molecule has 13 heavy (non-hydrogen) atoms. The molecule has 4 heteroatoms. The van der Waals surface area contributed by atoms with Gasteiger partial charge in [0, 0.05) is 5.02 Å². The Bertz CT molecular complexity index is 304. The van der Waals surface area contributed by atoms with Gasteiger partial charge in [0.25, 0.3) is 0 Å². The Morgan fingerprint density at radius 3 is 2.31 bits per heavy atom. The van der Waals surface area contributed by atoms with Crippen LogP contribution in [-0.2, 0) is 12.6 Å². The van der Waals surface area contributed by atoms with Gasteiger partial charge in [0.1, 0.15) is 0 Å². The highest BCUT2D eigenvalue weighted by Crippen LogP contribution is 2.34. The second-order valence-corrected chi connectivity index (χ2v) is 3.02. The molecule has 0 heterocycles. The predicted octanol–water partition coefficient (Wildman–Crippen LogP) is 3.92. The lowest BCUT2D eigenvalue weighted by Gasteiger charge is -2.12. The Balaban J connectivity index is 3.29. The lowest BCUT2D eigenvalue weighted by atomic mass is 10.1. The Hall–Kier alpha value is -0.700. The Labute approximate surface area is 79.3 Å².